The molecule has 0 spiro atoms. The minimum absolute atomic E-state index is 0.302. The summed E-state index contributed by atoms with van der Waals surface area (Å²) in [6.45, 7) is 9.40. The highest BCUT2D eigenvalue weighted by molar-refractivity contribution is 9.10. The zero-order valence-electron chi connectivity index (χ0n) is 12.7. The van der Waals surface area contributed by atoms with Crippen LogP contribution in [0.15, 0.2) is 4.47 Å². The lowest BCUT2D eigenvalue weighted by molar-refractivity contribution is -0.0949. The van der Waals surface area contributed by atoms with E-state index in [1.165, 1.54) is 0 Å². The van der Waals surface area contributed by atoms with E-state index in [1.54, 1.807) is 0 Å². The molecule has 1 heterocycles. The van der Waals surface area contributed by atoms with Gasteiger partial charge in [0.05, 0.1) is 4.47 Å². The average Bonchev–Trinajstić information content (AvgIpc) is 2.38. The molecule has 0 bridgehead atoms. The highest BCUT2D eigenvalue weighted by atomic mass is 79.9. The van der Waals surface area contributed by atoms with Crippen LogP contribution in [0.25, 0.3) is 0 Å². The summed E-state index contributed by atoms with van der Waals surface area (Å²) in [5, 5.41) is 0. The fraction of sp³-hybridized carbons (Fsp3) is 0.733. The van der Waals surface area contributed by atoms with Crippen molar-refractivity contribution in [2.45, 2.75) is 59.0 Å². The Balaban J connectivity index is 2.42. The second kappa shape index (κ2) is 5.85. The maximum atomic E-state index is 6.14. The first-order valence-electron chi connectivity index (χ1n) is 7.20. The number of hydrogen-bond acceptors (Lipinski definition) is 3. The van der Waals surface area contributed by atoms with E-state index in [0.29, 0.717) is 16.7 Å². The Morgan fingerprint density at radius 2 is 1.90 bits per heavy atom. The third-order valence-electron chi connectivity index (χ3n) is 4.30. The zero-order valence-corrected chi connectivity index (χ0v) is 15.1. The van der Waals surface area contributed by atoms with Crippen molar-refractivity contribution in [2.75, 3.05) is 6.61 Å². The molecule has 0 radical (unpaired) electrons. The second-order valence-electron chi connectivity index (χ2n) is 6.42. The Morgan fingerprint density at radius 1 is 1.30 bits per heavy atom. The molecule has 1 saturated carbocycles. The highest BCUT2D eigenvalue weighted by Crippen LogP contribution is 2.46. The van der Waals surface area contributed by atoms with Crippen molar-refractivity contribution in [3.63, 3.8) is 0 Å². The molecular weight excluding hydrogens is 336 g/mol. The summed E-state index contributed by atoms with van der Waals surface area (Å²) >= 11 is 8.82. The Kier molecular flexibility index (Phi) is 4.72. The lowest BCUT2D eigenvalue weighted by atomic mass is 9.70. The van der Waals surface area contributed by atoms with Gasteiger partial charge in [0, 0.05) is 12.3 Å². The summed E-state index contributed by atoms with van der Waals surface area (Å²) in [5.41, 5.74) is 1.11. The number of aromatic nitrogens is 2. The number of nitrogens with one attached hydrogen (secondary N) is 1. The van der Waals surface area contributed by atoms with Gasteiger partial charge in [-0.3, -0.25) is 0 Å². The summed E-state index contributed by atoms with van der Waals surface area (Å²) in [7, 11) is 0. The molecule has 1 aliphatic rings. The summed E-state index contributed by atoms with van der Waals surface area (Å²) in [5.74, 6) is 0.889. The van der Waals surface area contributed by atoms with Crippen LogP contribution in [0.4, 0.5) is 0 Å². The summed E-state index contributed by atoms with van der Waals surface area (Å²) in [6.07, 6.45) is 4.27. The molecule has 112 valence electrons. The Morgan fingerprint density at radius 3 is 2.40 bits per heavy atom. The van der Waals surface area contributed by atoms with Gasteiger partial charge in [-0.05, 0) is 60.9 Å². The van der Waals surface area contributed by atoms with Crippen LogP contribution in [0.5, 0.6) is 0 Å². The van der Waals surface area contributed by atoms with Crippen molar-refractivity contribution in [3.05, 3.63) is 20.6 Å². The minimum atomic E-state index is -0.302. The van der Waals surface area contributed by atoms with Crippen LogP contribution < -0.4 is 0 Å². The first kappa shape index (κ1) is 16.1. The molecule has 1 N–H and O–H groups in total. The molecule has 0 aliphatic heterocycles. The SMILES string of the molecule is CCOC1(c2nc(=S)c(Br)c(C)[nH]2)CCC(C)(C)CC1. The monoisotopic (exact) mass is 358 g/mol. The van der Waals surface area contributed by atoms with Gasteiger partial charge in [0.15, 0.2) is 0 Å². The summed E-state index contributed by atoms with van der Waals surface area (Å²) in [6, 6.07) is 0. The van der Waals surface area contributed by atoms with Gasteiger partial charge in [-0.15, -0.1) is 0 Å². The zero-order chi connectivity index (χ0) is 15.0. The maximum Gasteiger partial charge on any atom is 0.144 e. The number of ether oxygens (including phenoxy) is 1. The molecule has 1 aliphatic carbocycles. The van der Waals surface area contributed by atoms with Gasteiger partial charge < -0.3 is 9.72 Å². The van der Waals surface area contributed by atoms with Crippen LogP contribution in [-0.2, 0) is 10.3 Å². The molecule has 1 fully saturated rings. The normalized spacial score (nSPS) is 20.9. The van der Waals surface area contributed by atoms with Crippen molar-refractivity contribution >= 4 is 28.1 Å². The lowest BCUT2D eigenvalue weighted by Gasteiger charge is -2.42. The lowest BCUT2D eigenvalue weighted by Crippen LogP contribution is -2.39. The van der Waals surface area contributed by atoms with E-state index >= 15 is 0 Å². The third-order valence-corrected chi connectivity index (χ3v) is 5.83. The topological polar surface area (TPSA) is 37.9 Å². The van der Waals surface area contributed by atoms with E-state index in [1.807, 2.05) is 13.8 Å². The Hall–Kier alpha value is -0.260. The molecule has 2 rings (SSSR count). The van der Waals surface area contributed by atoms with Crippen molar-refractivity contribution in [2.24, 2.45) is 5.41 Å². The van der Waals surface area contributed by atoms with E-state index in [-0.39, 0.29) is 5.60 Å². The van der Waals surface area contributed by atoms with E-state index in [9.17, 15) is 0 Å². The molecule has 1 aromatic heterocycles. The predicted octanol–water partition coefficient (Wildman–Crippen LogP) is 5.04. The van der Waals surface area contributed by atoms with Gasteiger partial charge in [0.2, 0.25) is 0 Å². The third kappa shape index (κ3) is 3.15. The summed E-state index contributed by atoms with van der Waals surface area (Å²) in [4.78, 5) is 7.97. The maximum absolute atomic E-state index is 6.14. The molecule has 0 aromatic carbocycles. The first-order chi connectivity index (χ1) is 9.30. The molecule has 0 saturated heterocycles. The van der Waals surface area contributed by atoms with Crippen LogP contribution in [0.1, 0.15) is 58.0 Å². The molecule has 1 aromatic rings. The quantitative estimate of drug-likeness (QED) is 0.768. The molecule has 0 atom stereocenters. The highest BCUT2D eigenvalue weighted by Gasteiger charge is 2.42. The van der Waals surface area contributed by atoms with Gasteiger partial charge in [0.1, 0.15) is 16.1 Å². The molecule has 3 nitrogen and oxygen atoms in total. The van der Waals surface area contributed by atoms with Crippen LogP contribution in [0, 0.1) is 17.0 Å². The Bertz CT molecular complexity index is 543. The number of nitrogens with zero attached hydrogens (tertiary/aromatic N) is 1. The molecule has 5 heteroatoms. The fourth-order valence-electron chi connectivity index (χ4n) is 2.84. The molecule has 0 unspecified atom stereocenters. The number of aromatic amines is 1. The molecule has 20 heavy (non-hydrogen) atoms. The standard InChI is InChI=1S/C15H23BrN2OS/c1-5-19-15(8-6-14(3,4)7-9-15)13-17-10(2)11(16)12(20)18-13/h5-9H2,1-4H3,(H,17,18,20). The van der Waals surface area contributed by atoms with Crippen LogP contribution in [-0.4, -0.2) is 16.6 Å². The van der Waals surface area contributed by atoms with Crippen LogP contribution in [0.2, 0.25) is 0 Å². The molecular formula is C15H23BrN2OS. The van der Waals surface area contributed by atoms with Crippen LogP contribution in [0.3, 0.4) is 0 Å². The minimum Gasteiger partial charge on any atom is -0.367 e. The summed E-state index contributed by atoms with van der Waals surface area (Å²) < 4.78 is 7.63. The van der Waals surface area contributed by atoms with E-state index in [2.05, 4.69) is 39.7 Å². The first-order valence-corrected chi connectivity index (χ1v) is 8.41. The van der Waals surface area contributed by atoms with E-state index in [4.69, 9.17) is 17.0 Å². The van der Waals surface area contributed by atoms with Gasteiger partial charge >= 0.3 is 0 Å². The van der Waals surface area contributed by atoms with Gasteiger partial charge in [-0.1, -0.05) is 26.1 Å². The van der Waals surface area contributed by atoms with Gasteiger partial charge in [-0.25, -0.2) is 4.98 Å². The second-order valence-corrected chi connectivity index (χ2v) is 7.60. The van der Waals surface area contributed by atoms with Gasteiger partial charge in [-0.2, -0.15) is 0 Å². The predicted molar refractivity (Wildman–Crippen MR) is 87.4 cm³/mol. The number of halogens is 1. The van der Waals surface area contributed by atoms with Crippen molar-refractivity contribution < 1.29 is 4.74 Å². The van der Waals surface area contributed by atoms with Crippen molar-refractivity contribution in [1.29, 1.82) is 0 Å². The van der Waals surface area contributed by atoms with Crippen LogP contribution >= 0.6 is 28.1 Å². The number of rotatable bonds is 3. The van der Waals surface area contributed by atoms with Gasteiger partial charge in [0.25, 0.3) is 0 Å². The van der Waals surface area contributed by atoms with E-state index in [0.717, 1.165) is 41.7 Å². The van der Waals surface area contributed by atoms with E-state index < -0.39 is 0 Å². The van der Waals surface area contributed by atoms with Crippen molar-refractivity contribution in [1.82, 2.24) is 9.97 Å². The Labute approximate surface area is 134 Å². The largest absolute Gasteiger partial charge is 0.367 e. The molecule has 0 amide bonds. The van der Waals surface area contributed by atoms with Crippen molar-refractivity contribution in [3.8, 4) is 0 Å². The average molecular weight is 359 g/mol. The number of hydrogen-bond donors (Lipinski definition) is 1. The fourth-order valence-corrected chi connectivity index (χ4v) is 3.28. The smallest absolute Gasteiger partial charge is 0.144 e. The number of H-pyrrole nitrogens is 1. The number of aryl methyl sites for hydroxylation is 1.